The van der Waals surface area contributed by atoms with E-state index in [1.165, 1.54) is 83.5 Å². The van der Waals surface area contributed by atoms with Gasteiger partial charge in [0.05, 0.1) is 19.8 Å². The van der Waals surface area contributed by atoms with Crippen LogP contribution >= 0.6 is 7.82 Å². The number of phosphoric ester groups is 1. The molecular weight excluding hydrogens is 517 g/mol. The van der Waals surface area contributed by atoms with Crippen LogP contribution < -0.4 is 5.32 Å². The SMILES string of the molecule is CCCCCCCCCCCCCCCCCC(=O)OCCCOP(=O)(O)OCC1CCC(C(=O)NC)CC1. The quantitative estimate of drug-likeness (QED) is 0.0647. The van der Waals surface area contributed by atoms with E-state index in [0.29, 0.717) is 12.8 Å². The molecule has 1 amide bonds. The number of unbranched alkanes of at least 4 members (excludes halogenated alkanes) is 14. The fourth-order valence-corrected chi connectivity index (χ4v) is 6.00. The smallest absolute Gasteiger partial charge is 0.466 e. The minimum absolute atomic E-state index is 0.0105. The molecule has 0 saturated heterocycles. The molecule has 0 aromatic rings. The summed E-state index contributed by atoms with van der Waals surface area (Å²) < 4.78 is 27.4. The number of phosphoric acid groups is 1. The molecule has 1 aliphatic carbocycles. The van der Waals surface area contributed by atoms with E-state index in [2.05, 4.69) is 12.2 Å². The highest BCUT2D eigenvalue weighted by Gasteiger charge is 2.28. The van der Waals surface area contributed by atoms with Gasteiger partial charge in [0.25, 0.3) is 0 Å². The Bertz CT molecular complexity index is 668. The van der Waals surface area contributed by atoms with Crippen molar-refractivity contribution < 1.29 is 32.8 Å². The highest BCUT2D eigenvalue weighted by atomic mass is 31.2. The number of rotatable bonds is 25. The third-order valence-electron chi connectivity index (χ3n) is 7.73. The lowest BCUT2D eigenvalue weighted by atomic mass is 9.82. The summed E-state index contributed by atoms with van der Waals surface area (Å²) >= 11 is 0. The van der Waals surface area contributed by atoms with E-state index in [1.807, 2.05) is 0 Å². The molecule has 230 valence electrons. The van der Waals surface area contributed by atoms with E-state index in [0.717, 1.165) is 38.5 Å². The first-order valence-electron chi connectivity index (χ1n) is 15.9. The maximum absolute atomic E-state index is 12.1. The Labute approximate surface area is 238 Å². The molecule has 9 heteroatoms. The van der Waals surface area contributed by atoms with Crippen LogP contribution in [0.3, 0.4) is 0 Å². The van der Waals surface area contributed by atoms with Crippen LogP contribution in [0.5, 0.6) is 0 Å². The second kappa shape index (κ2) is 23.7. The van der Waals surface area contributed by atoms with Gasteiger partial charge in [0.2, 0.25) is 5.91 Å². The van der Waals surface area contributed by atoms with Gasteiger partial charge in [-0.3, -0.25) is 18.6 Å². The molecule has 8 nitrogen and oxygen atoms in total. The van der Waals surface area contributed by atoms with Gasteiger partial charge in [-0.05, 0) is 38.0 Å². The highest BCUT2D eigenvalue weighted by molar-refractivity contribution is 7.47. The molecular formula is C30H58NO7P. The molecule has 0 aromatic heterocycles. The van der Waals surface area contributed by atoms with E-state index in [1.54, 1.807) is 7.05 Å². The van der Waals surface area contributed by atoms with Crippen molar-refractivity contribution in [2.75, 3.05) is 26.9 Å². The van der Waals surface area contributed by atoms with Crippen LogP contribution in [0.2, 0.25) is 0 Å². The largest absolute Gasteiger partial charge is 0.472 e. The van der Waals surface area contributed by atoms with Crippen LogP contribution in [0.25, 0.3) is 0 Å². The lowest BCUT2D eigenvalue weighted by molar-refractivity contribution is -0.144. The summed E-state index contributed by atoms with van der Waals surface area (Å²) in [5, 5.41) is 2.67. The van der Waals surface area contributed by atoms with Crippen molar-refractivity contribution >= 4 is 19.7 Å². The lowest BCUT2D eigenvalue weighted by Crippen LogP contribution is -2.31. The summed E-state index contributed by atoms with van der Waals surface area (Å²) in [7, 11) is -2.49. The first-order chi connectivity index (χ1) is 18.9. The number of carbonyl (C=O) groups is 2. The molecule has 1 saturated carbocycles. The number of carbonyl (C=O) groups excluding carboxylic acids is 2. The molecule has 0 aromatic carbocycles. The monoisotopic (exact) mass is 575 g/mol. The first kappa shape index (κ1) is 36.1. The molecule has 0 bridgehead atoms. The Balaban J connectivity index is 1.88. The Morgan fingerprint density at radius 2 is 1.26 bits per heavy atom. The minimum Gasteiger partial charge on any atom is -0.466 e. The molecule has 1 rings (SSSR count). The maximum atomic E-state index is 12.1. The average Bonchev–Trinajstić information content (AvgIpc) is 2.93. The van der Waals surface area contributed by atoms with Crippen molar-refractivity contribution in [1.82, 2.24) is 5.32 Å². The zero-order valence-electron chi connectivity index (χ0n) is 25.0. The topological polar surface area (TPSA) is 111 Å². The third kappa shape index (κ3) is 20.6. The fourth-order valence-electron chi connectivity index (χ4n) is 5.17. The Kier molecular flexibility index (Phi) is 21.9. The summed E-state index contributed by atoms with van der Waals surface area (Å²) in [4.78, 5) is 33.4. The molecule has 1 unspecified atom stereocenters. The van der Waals surface area contributed by atoms with E-state index < -0.39 is 7.82 Å². The molecule has 0 radical (unpaired) electrons. The van der Waals surface area contributed by atoms with Crippen LogP contribution in [0.1, 0.15) is 142 Å². The number of nitrogens with one attached hydrogen (secondary N) is 1. The summed E-state index contributed by atoms with van der Waals surface area (Å²) in [6.45, 7) is 2.56. The van der Waals surface area contributed by atoms with Crippen LogP contribution in [-0.4, -0.2) is 43.6 Å². The van der Waals surface area contributed by atoms with E-state index in [-0.39, 0.29) is 43.5 Å². The second-order valence-electron chi connectivity index (χ2n) is 11.2. The van der Waals surface area contributed by atoms with Gasteiger partial charge in [0, 0.05) is 25.8 Å². The Morgan fingerprint density at radius 1 is 0.744 bits per heavy atom. The number of hydrogen-bond donors (Lipinski definition) is 2. The van der Waals surface area contributed by atoms with Crippen LogP contribution in [0.15, 0.2) is 0 Å². The molecule has 0 heterocycles. The predicted octanol–water partition coefficient (Wildman–Crippen LogP) is 7.87. The summed E-state index contributed by atoms with van der Waals surface area (Å²) in [5.41, 5.74) is 0. The van der Waals surface area contributed by atoms with Gasteiger partial charge in [-0.1, -0.05) is 96.8 Å². The highest BCUT2D eigenvalue weighted by Crippen LogP contribution is 2.44. The van der Waals surface area contributed by atoms with Gasteiger partial charge in [-0.2, -0.15) is 0 Å². The van der Waals surface area contributed by atoms with Crippen molar-refractivity contribution in [3.8, 4) is 0 Å². The average molecular weight is 576 g/mol. The fraction of sp³-hybridized carbons (Fsp3) is 0.933. The second-order valence-corrected chi connectivity index (χ2v) is 12.7. The molecule has 1 aliphatic rings. The number of amides is 1. The maximum Gasteiger partial charge on any atom is 0.472 e. The van der Waals surface area contributed by atoms with Crippen molar-refractivity contribution in [2.24, 2.45) is 11.8 Å². The van der Waals surface area contributed by atoms with E-state index in [4.69, 9.17) is 13.8 Å². The van der Waals surface area contributed by atoms with Gasteiger partial charge in [0.15, 0.2) is 0 Å². The van der Waals surface area contributed by atoms with Crippen LogP contribution in [-0.2, 0) is 27.9 Å². The summed E-state index contributed by atoms with van der Waals surface area (Å²) in [6.07, 6.45) is 23.2. The number of hydrogen-bond acceptors (Lipinski definition) is 6. The van der Waals surface area contributed by atoms with Crippen molar-refractivity contribution in [3.63, 3.8) is 0 Å². The zero-order valence-corrected chi connectivity index (χ0v) is 25.9. The molecule has 1 atom stereocenters. The lowest BCUT2D eigenvalue weighted by Gasteiger charge is -2.27. The third-order valence-corrected chi connectivity index (χ3v) is 8.71. The van der Waals surface area contributed by atoms with Gasteiger partial charge in [-0.25, -0.2) is 4.57 Å². The van der Waals surface area contributed by atoms with Gasteiger partial charge in [0.1, 0.15) is 0 Å². The van der Waals surface area contributed by atoms with Gasteiger partial charge >= 0.3 is 13.8 Å². The normalized spacial score (nSPS) is 18.9. The number of esters is 1. The van der Waals surface area contributed by atoms with Crippen molar-refractivity contribution in [1.29, 1.82) is 0 Å². The zero-order chi connectivity index (χ0) is 28.6. The molecule has 1 fully saturated rings. The number of ether oxygens (including phenoxy) is 1. The van der Waals surface area contributed by atoms with Crippen molar-refractivity contribution in [3.05, 3.63) is 0 Å². The van der Waals surface area contributed by atoms with Gasteiger partial charge in [-0.15, -0.1) is 0 Å². The Morgan fingerprint density at radius 3 is 1.77 bits per heavy atom. The summed E-state index contributed by atoms with van der Waals surface area (Å²) in [6, 6.07) is 0. The standard InChI is InChI=1S/C30H58NO7P/c1-3-4-5-6-7-8-9-10-11-12-13-14-15-16-17-19-29(32)36-24-18-25-37-39(34,35)38-26-27-20-22-28(23-21-27)30(33)31-2/h27-28H,3-26H2,1-2H3,(H,31,33)(H,34,35). The van der Waals surface area contributed by atoms with Gasteiger partial charge < -0.3 is 14.9 Å². The molecule has 0 aliphatic heterocycles. The minimum atomic E-state index is -4.13. The predicted molar refractivity (Wildman–Crippen MR) is 156 cm³/mol. The Hall–Kier alpha value is -0.950. The van der Waals surface area contributed by atoms with E-state index >= 15 is 0 Å². The van der Waals surface area contributed by atoms with Crippen LogP contribution in [0, 0.1) is 11.8 Å². The first-order valence-corrected chi connectivity index (χ1v) is 17.4. The molecule has 2 N–H and O–H groups in total. The van der Waals surface area contributed by atoms with Crippen LogP contribution in [0.4, 0.5) is 0 Å². The molecule has 39 heavy (non-hydrogen) atoms. The summed E-state index contributed by atoms with van der Waals surface area (Å²) in [5.74, 6) is 0.00235. The van der Waals surface area contributed by atoms with E-state index in [9.17, 15) is 19.0 Å². The van der Waals surface area contributed by atoms with Crippen molar-refractivity contribution in [2.45, 2.75) is 142 Å². The molecule has 0 spiro atoms.